The van der Waals surface area contributed by atoms with Gasteiger partial charge in [-0.15, -0.1) is 0 Å². The van der Waals surface area contributed by atoms with Crippen LogP contribution >= 0.6 is 0 Å². The van der Waals surface area contributed by atoms with E-state index < -0.39 is 30.0 Å². The third kappa shape index (κ3) is 3.89. The van der Waals surface area contributed by atoms with Crippen LogP contribution in [0.3, 0.4) is 0 Å². The smallest absolute Gasteiger partial charge is 0.417 e. The topological polar surface area (TPSA) is 93.4 Å². The first-order valence-corrected chi connectivity index (χ1v) is 10.9. The highest BCUT2D eigenvalue weighted by Crippen LogP contribution is 2.46. The lowest BCUT2D eigenvalue weighted by Crippen LogP contribution is -2.55. The monoisotopic (exact) mass is 473 g/mol. The van der Waals surface area contributed by atoms with Gasteiger partial charge < -0.3 is 14.7 Å². The number of piperidine rings is 1. The number of aliphatic hydroxyl groups is 1. The number of amides is 1. The lowest BCUT2D eigenvalue weighted by atomic mass is 9.93. The van der Waals surface area contributed by atoms with Gasteiger partial charge in [0.1, 0.15) is 6.10 Å². The fourth-order valence-electron chi connectivity index (χ4n) is 5.15. The first kappa shape index (κ1) is 22.3. The molecule has 5 unspecified atom stereocenters. The van der Waals surface area contributed by atoms with E-state index in [0.29, 0.717) is 24.1 Å². The fourth-order valence-corrected chi connectivity index (χ4v) is 5.15. The molecule has 2 fully saturated rings. The van der Waals surface area contributed by atoms with Crippen molar-refractivity contribution in [3.8, 4) is 11.6 Å². The number of carbonyl (C=O) groups is 1. The zero-order valence-electron chi connectivity index (χ0n) is 18.1. The molecule has 3 heterocycles. The van der Waals surface area contributed by atoms with E-state index >= 15 is 0 Å². The maximum absolute atomic E-state index is 13.8. The second-order valence-corrected chi connectivity index (χ2v) is 8.62. The van der Waals surface area contributed by atoms with Crippen LogP contribution in [0.15, 0.2) is 55.0 Å². The Morgan fingerprint density at radius 1 is 1.15 bits per heavy atom. The van der Waals surface area contributed by atoms with E-state index in [2.05, 4.69) is 15.2 Å². The fraction of sp³-hybridized carbons (Fsp3) is 0.391. The molecule has 178 valence electrons. The Balaban J connectivity index is 1.42. The molecule has 2 bridgehead atoms. The molecule has 1 aliphatic carbocycles. The van der Waals surface area contributed by atoms with Crippen LogP contribution in [0.4, 0.5) is 13.2 Å². The number of aliphatic hydroxyl groups excluding tert-OH is 1. The number of benzene rings is 1. The number of hydrogen-bond acceptors (Lipinski definition) is 6. The summed E-state index contributed by atoms with van der Waals surface area (Å²) in [5.74, 6) is -0.240. The molecule has 1 aromatic carbocycles. The molecule has 8 nitrogen and oxygen atoms in total. The molecule has 5 rings (SSSR count). The number of hydrogen-bond donors (Lipinski definition) is 1. The largest absolute Gasteiger partial charge is 0.472 e. The predicted molar refractivity (Wildman–Crippen MR) is 113 cm³/mol. The molecule has 1 N–H and O–H groups in total. The molecule has 3 aromatic rings. The molecule has 5 atom stereocenters. The number of nitrogens with zero attached hydrogens (tertiary/aromatic N) is 5. The summed E-state index contributed by atoms with van der Waals surface area (Å²) in [6.07, 6.45) is -0.761. The number of fused-ring (bicyclic) bond motifs is 2. The summed E-state index contributed by atoms with van der Waals surface area (Å²) in [4.78, 5) is 20.6. The van der Waals surface area contributed by atoms with E-state index in [1.165, 1.54) is 23.3 Å². The summed E-state index contributed by atoms with van der Waals surface area (Å²) in [5, 5.41) is 18.7. The molecule has 34 heavy (non-hydrogen) atoms. The van der Waals surface area contributed by atoms with Gasteiger partial charge in [-0.3, -0.25) is 4.79 Å². The van der Waals surface area contributed by atoms with E-state index in [9.17, 15) is 23.1 Å². The highest BCUT2D eigenvalue weighted by molar-refractivity contribution is 5.98. The van der Waals surface area contributed by atoms with Crippen LogP contribution in [-0.4, -0.2) is 60.2 Å². The van der Waals surface area contributed by atoms with Crippen molar-refractivity contribution in [2.24, 2.45) is 5.92 Å². The van der Waals surface area contributed by atoms with Crippen molar-refractivity contribution in [3.05, 3.63) is 66.1 Å². The number of halogens is 3. The zero-order valence-corrected chi connectivity index (χ0v) is 18.1. The number of carbonyl (C=O) groups excluding carboxylic acids is 1. The predicted octanol–water partition coefficient (Wildman–Crippen LogP) is 3.11. The van der Waals surface area contributed by atoms with E-state index in [1.54, 1.807) is 36.1 Å². The van der Waals surface area contributed by atoms with Gasteiger partial charge in [-0.25, -0.2) is 4.98 Å². The number of likely N-dealkylation sites (tertiary alicyclic amines) is 1. The molecule has 2 aliphatic rings. The van der Waals surface area contributed by atoms with Crippen molar-refractivity contribution >= 4 is 5.91 Å². The quantitative estimate of drug-likeness (QED) is 0.612. The number of alkyl halides is 3. The molecule has 0 radical (unpaired) electrons. The number of ether oxygens (including phenoxy) is 1. The molecular formula is C23H22F3N5O3. The Kier molecular flexibility index (Phi) is 5.51. The Labute approximate surface area is 193 Å². The van der Waals surface area contributed by atoms with Crippen molar-refractivity contribution in [2.75, 3.05) is 0 Å². The van der Waals surface area contributed by atoms with Gasteiger partial charge in [0.15, 0.2) is 0 Å². The average molecular weight is 473 g/mol. The zero-order chi connectivity index (χ0) is 24.0. The van der Waals surface area contributed by atoms with Gasteiger partial charge in [0.25, 0.3) is 5.91 Å². The second kappa shape index (κ2) is 8.39. The van der Waals surface area contributed by atoms with Crippen molar-refractivity contribution in [1.29, 1.82) is 0 Å². The van der Waals surface area contributed by atoms with Gasteiger partial charge in [-0.05, 0) is 43.9 Å². The normalized spacial score (nSPS) is 24.9. The second-order valence-electron chi connectivity index (χ2n) is 8.62. The molecule has 11 heteroatoms. The Morgan fingerprint density at radius 2 is 1.88 bits per heavy atom. The van der Waals surface area contributed by atoms with Crippen LogP contribution in [-0.2, 0) is 6.18 Å². The van der Waals surface area contributed by atoms with Crippen LogP contribution < -0.4 is 4.74 Å². The van der Waals surface area contributed by atoms with Gasteiger partial charge in [-0.1, -0.05) is 12.1 Å². The number of aromatic nitrogens is 4. The number of rotatable bonds is 5. The van der Waals surface area contributed by atoms with Crippen molar-refractivity contribution < 1.29 is 27.8 Å². The summed E-state index contributed by atoms with van der Waals surface area (Å²) in [7, 11) is 0. The van der Waals surface area contributed by atoms with Gasteiger partial charge in [-0.2, -0.15) is 28.2 Å². The van der Waals surface area contributed by atoms with Gasteiger partial charge in [0.2, 0.25) is 5.88 Å². The van der Waals surface area contributed by atoms with E-state index in [4.69, 9.17) is 4.74 Å². The Morgan fingerprint density at radius 3 is 2.53 bits per heavy atom. The number of para-hydroxylation sites is 1. The van der Waals surface area contributed by atoms with Crippen LogP contribution in [0.2, 0.25) is 0 Å². The van der Waals surface area contributed by atoms with E-state index in [1.807, 2.05) is 0 Å². The highest BCUT2D eigenvalue weighted by atomic mass is 19.4. The summed E-state index contributed by atoms with van der Waals surface area (Å²) >= 11 is 0. The molecule has 2 aromatic heterocycles. The summed E-state index contributed by atoms with van der Waals surface area (Å²) < 4.78 is 44.5. The minimum absolute atomic E-state index is 0.0108. The van der Waals surface area contributed by atoms with Crippen molar-refractivity contribution in [2.45, 2.75) is 50.2 Å². The molecule has 1 saturated heterocycles. The van der Waals surface area contributed by atoms with Crippen molar-refractivity contribution in [1.82, 2.24) is 24.9 Å². The SMILES string of the molecule is CC(O)C1C2CC(Oc3ccc(C(F)(F)F)cn3)C(C2)N1C(=O)c1ccccc1-n1nccn1. The van der Waals surface area contributed by atoms with Crippen LogP contribution in [0.1, 0.15) is 35.7 Å². The van der Waals surface area contributed by atoms with Gasteiger partial charge >= 0.3 is 6.18 Å². The van der Waals surface area contributed by atoms with E-state index in [-0.39, 0.29) is 23.7 Å². The maximum Gasteiger partial charge on any atom is 0.417 e. The third-order valence-electron chi connectivity index (χ3n) is 6.50. The van der Waals surface area contributed by atoms with Crippen LogP contribution in [0.5, 0.6) is 5.88 Å². The van der Waals surface area contributed by atoms with Crippen LogP contribution in [0.25, 0.3) is 5.69 Å². The molecule has 0 spiro atoms. The lowest BCUT2D eigenvalue weighted by molar-refractivity contribution is -0.137. The summed E-state index contributed by atoms with van der Waals surface area (Å²) in [6, 6.07) is 8.28. The Bertz CT molecular complexity index is 1170. The molecule has 1 amide bonds. The first-order chi connectivity index (χ1) is 16.2. The standard InChI is InChI=1S/C23H22F3N5O3/c1-13(32)21-14-10-18(19(11-14)34-20-7-6-15(12-27-20)23(24,25)26)30(21)22(33)16-4-2-3-5-17(16)31-28-8-9-29-31/h2-9,12-14,18-19,21,32H,10-11H2,1H3. The first-order valence-electron chi connectivity index (χ1n) is 10.9. The molecule has 1 aliphatic heterocycles. The lowest BCUT2D eigenvalue weighted by Gasteiger charge is -2.40. The average Bonchev–Trinajstić information content (AvgIpc) is 3.55. The number of pyridine rings is 1. The van der Waals surface area contributed by atoms with E-state index in [0.717, 1.165) is 12.3 Å². The third-order valence-corrected chi connectivity index (χ3v) is 6.50. The molecule has 1 saturated carbocycles. The molecular weight excluding hydrogens is 451 g/mol. The maximum atomic E-state index is 13.8. The van der Waals surface area contributed by atoms with Gasteiger partial charge in [0, 0.05) is 12.3 Å². The minimum atomic E-state index is -4.48. The minimum Gasteiger partial charge on any atom is -0.472 e. The van der Waals surface area contributed by atoms with Crippen molar-refractivity contribution in [3.63, 3.8) is 0 Å². The highest BCUT2D eigenvalue weighted by Gasteiger charge is 2.56. The Hall–Kier alpha value is -3.47. The van der Waals surface area contributed by atoms with Crippen LogP contribution in [0, 0.1) is 5.92 Å². The van der Waals surface area contributed by atoms with Gasteiger partial charge in [0.05, 0.1) is 47.4 Å². The summed E-state index contributed by atoms with van der Waals surface area (Å²) in [6.45, 7) is 1.65. The summed E-state index contributed by atoms with van der Waals surface area (Å²) in [5.41, 5.74) is 0.0254.